The number of ether oxygens (including phenoxy) is 2. The average molecular weight is 418 g/mol. The summed E-state index contributed by atoms with van der Waals surface area (Å²) in [5.74, 6) is -0.0436. The summed E-state index contributed by atoms with van der Waals surface area (Å²) in [5.41, 5.74) is 3.64. The third-order valence-electron chi connectivity index (χ3n) is 4.15. The minimum Gasteiger partial charge on any atom is -0.426 e. The number of halogens is 3. The second kappa shape index (κ2) is 9.01. The Morgan fingerprint density at radius 1 is 1.14 bits per heavy atom. The first-order valence-corrected chi connectivity index (χ1v) is 9.17. The van der Waals surface area contributed by atoms with E-state index in [2.05, 4.69) is 9.72 Å². The summed E-state index contributed by atoms with van der Waals surface area (Å²) in [6, 6.07) is 14.1. The van der Waals surface area contributed by atoms with Crippen LogP contribution in [0.1, 0.15) is 23.6 Å². The van der Waals surface area contributed by atoms with Crippen LogP contribution >= 0.6 is 11.6 Å². The molecule has 0 amide bonds. The number of carbonyl (C=O) groups excluding carboxylic acids is 1. The molecular weight excluding hydrogens is 400 g/mol. The Labute approximate surface area is 172 Å². The van der Waals surface area contributed by atoms with Gasteiger partial charge in [-0.15, -0.1) is 0 Å². The van der Waals surface area contributed by atoms with Crippen LogP contribution in [0.5, 0.6) is 11.6 Å². The number of aromatic nitrogens is 1. The van der Waals surface area contributed by atoms with Crippen LogP contribution in [-0.2, 0) is 11.2 Å². The van der Waals surface area contributed by atoms with Crippen LogP contribution in [0.2, 0.25) is 5.02 Å². The quantitative estimate of drug-likeness (QED) is 0.374. The number of nitrogens with zero attached hydrogens (tertiary/aromatic N) is 1. The second-order valence-electron chi connectivity index (χ2n) is 6.46. The molecule has 0 spiro atoms. The first-order valence-electron chi connectivity index (χ1n) is 8.79. The summed E-state index contributed by atoms with van der Waals surface area (Å²) < 4.78 is 35.3. The SMILES string of the molecule is CC(=O)Oc1ccc(Cc2cnc(OC(F)F)c(-c3cccc(Cl)c3)c2)cc1C. The predicted molar refractivity (Wildman–Crippen MR) is 107 cm³/mol. The largest absolute Gasteiger partial charge is 0.426 e. The van der Waals surface area contributed by atoms with Crippen LogP contribution in [0.4, 0.5) is 8.78 Å². The monoisotopic (exact) mass is 417 g/mol. The fraction of sp³-hybridized carbons (Fsp3) is 0.182. The average Bonchev–Trinajstić information content (AvgIpc) is 2.64. The van der Waals surface area contributed by atoms with Crippen LogP contribution < -0.4 is 9.47 Å². The van der Waals surface area contributed by atoms with Gasteiger partial charge in [-0.3, -0.25) is 4.79 Å². The summed E-state index contributed by atoms with van der Waals surface area (Å²) in [6.45, 7) is 0.207. The molecule has 29 heavy (non-hydrogen) atoms. The molecular formula is C22H18ClF2NO3. The van der Waals surface area contributed by atoms with Crippen molar-refractivity contribution in [1.82, 2.24) is 4.98 Å². The molecule has 1 aromatic heterocycles. The van der Waals surface area contributed by atoms with E-state index in [1.54, 1.807) is 36.4 Å². The summed E-state index contributed by atoms with van der Waals surface area (Å²) in [6.07, 6.45) is 2.01. The van der Waals surface area contributed by atoms with E-state index >= 15 is 0 Å². The van der Waals surface area contributed by atoms with Gasteiger partial charge in [0.25, 0.3) is 0 Å². The van der Waals surface area contributed by atoms with Gasteiger partial charge in [-0.1, -0.05) is 35.9 Å². The number of pyridine rings is 1. The van der Waals surface area contributed by atoms with Gasteiger partial charge in [-0.2, -0.15) is 8.78 Å². The molecule has 0 saturated heterocycles. The van der Waals surface area contributed by atoms with Crippen LogP contribution in [0.3, 0.4) is 0 Å². The molecule has 150 valence electrons. The van der Waals surface area contributed by atoms with Gasteiger partial charge in [0.2, 0.25) is 5.88 Å². The highest BCUT2D eigenvalue weighted by Crippen LogP contribution is 2.32. The van der Waals surface area contributed by atoms with E-state index in [9.17, 15) is 13.6 Å². The van der Waals surface area contributed by atoms with E-state index in [0.29, 0.717) is 28.3 Å². The number of esters is 1. The van der Waals surface area contributed by atoms with Crippen molar-refractivity contribution in [2.75, 3.05) is 0 Å². The van der Waals surface area contributed by atoms with Gasteiger partial charge in [0.15, 0.2) is 0 Å². The van der Waals surface area contributed by atoms with Crippen molar-refractivity contribution in [2.45, 2.75) is 26.9 Å². The van der Waals surface area contributed by atoms with Crippen LogP contribution in [0, 0.1) is 6.92 Å². The number of alkyl halides is 2. The number of rotatable bonds is 6. The van der Waals surface area contributed by atoms with Gasteiger partial charge < -0.3 is 9.47 Å². The molecule has 0 radical (unpaired) electrons. The third-order valence-corrected chi connectivity index (χ3v) is 4.38. The van der Waals surface area contributed by atoms with E-state index in [1.807, 2.05) is 19.1 Å². The molecule has 3 aromatic rings. The Hall–Kier alpha value is -2.99. The predicted octanol–water partition coefficient (Wildman–Crippen LogP) is 5.83. The second-order valence-corrected chi connectivity index (χ2v) is 6.89. The van der Waals surface area contributed by atoms with Gasteiger partial charge in [0.05, 0.1) is 0 Å². The normalized spacial score (nSPS) is 10.8. The van der Waals surface area contributed by atoms with Crippen molar-refractivity contribution < 1.29 is 23.0 Å². The van der Waals surface area contributed by atoms with E-state index in [1.165, 1.54) is 13.1 Å². The number of carbonyl (C=O) groups is 1. The Bertz CT molecular complexity index is 1040. The lowest BCUT2D eigenvalue weighted by atomic mass is 10.00. The Morgan fingerprint density at radius 3 is 2.59 bits per heavy atom. The molecule has 0 aliphatic heterocycles. The molecule has 0 aliphatic carbocycles. The lowest BCUT2D eigenvalue weighted by Gasteiger charge is -2.13. The maximum absolute atomic E-state index is 12.8. The van der Waals surface area contributed by atoms with Gasteiger partial charge >= 0.3 is 12.6 Å². The van der Waals surface area contributed by atoms with Gasteiger partial charge in [-0.25, -0.2) is 4.98 Å². The topological polar surface area (TPSA) is 48.4 Å². The highest BCUT2D eigenvalue weighted by atomic mass is 35.5. The van der Waals surface area contributed by atoms with Gasteiger partial charge in [-0.05, 0) is 59.9 Å². The van der Waals surface area contributed by atoms with E-state index in [-0.39, 0.29) is 11.8 Å². The number of hydrogen-bond donors (Lipinski definition) is 0. The molecule has 4 nitrogen and oxygen atoms in total. The number of aryl methyl sites for hydroxylation is 1. The van der Waals surface area contributed by atoms with Crippen molar-refractivity contribution in [3.05, 3.63) is 76.4 Å². The smallest absolute Gasteiger partial charge is 0.388 e. The minimum atomic E-state index is -2.98. The molecule has 0 N–H and O–H groups in total. The molecule has 7 heteroatoms. The fourth-order valence-corrected chi connectivity index (χ4v) is 3.15. The molecule has 0 bridgehead atoms. The molecule has 0 saturated carbocycles. The number of benzene rings is 2. The summed E-state index contributed by atoms with van der Waals surface area (Å²) in [5, 5.41) is 0.479. The first-order chi connectivity index (χ1) is 13.8. The minimum absolute atomic E-state index is 0.160. The maximum atomic E-state index is 12.8. The van der Waals surface area contributed by atoms with Crippen LogP contribution in [0.25, 0.3) is 11.1 Å². The van der Waals surface area contributed by atoms with E-state index in [0.717, 1.165) is 16.7 Å². The van der Waals surface area contributed by atoms with Crippen molar-refractivity contribution in [3.63, 3.8) is 0 Å². The molecule has 0 fully saturated rings. The maximum Gasteiger partial charge on any atom is 0.388 e. The van der Waals surface area contributed by atoms with Gasteiger partial charge in [0, 0.05) is 23.7 Å². The van der Waals surface area contributed by atoms with E-state index in [4.69, 9.17) is 16.3 Å². The van der Waals surface area contributed by atoms with Crippen LogP contribution in [-0.4, -0.2) is 17.6 Å². The first kappa shape index (κ1) is 20.7. The van der Waals surface area contributed by atoms with Crippen LogP contribution in [0.15, 0.2) is 54.7 Å². The molecule has 0 aliphatic rings. The molecule has 0 atom stereocenters. The van der Waals surface area contributed by atoms with E-state index < -0.39 is 6.61 Å². The highest BCUT2D eigenvalue weighted by Gasteiger charge is 2.15. The summed E-state index contributed by atoms with van der Waals surface area (Å²) in [7, 11) is 0. The van der Waals surface area contributed by atoms with Crippen molar-refractivity contribution in [1.29, 1.82) is 0 Å². The molecule has 3 rings (SSSR count). The summed E-state index contributed by atoms with van der Waals surface area (Å²) >= 11 is 6.05. The zero-order valence-electron chi connectivity index (χ0n) is 15.8. The molecule has 1 heterocycles. The van der Waals surface area contributed by atoms with Gasteiger partial charge in [0.1, 0.15) is 5.75 Å². The standard InChI is InChI=1S/C22H18ClF2NO3/c1-13-8-15(6-7-20(13)28-14(2)27)9-16-10-19(17-4-3-5-18(23)11-17)21(26-12-16)29-22(24)25/h3-8,10-12,22H,9H2,1-2H3. The Balaban J connectivity index is 1.93. The molecule has 2 aromatic carbocycles. The van der Waals surface area contributed by atoms with Crippen molar-refractivity contribution in [2.24, 2.45) is 0 Å². The van der Waals surface area contributed by atoms with Crippen molar-refractivity contribution >= 4 is 17.6 Å². The number of hydrogen-bond acceptors (Lipinski definition) is 4. The highest BCUT2D eigenvalue weighted by molar-refractivity contribution is 6.30. The summed E-state index contributed by atoms with van der Waals surface area (Å²) in [4.78, 5) is 15.2. The Kier molecular flexibility index (Phi) is 6.44. The van der Waals surface area contributed by atoms with Crippen molar-refractivity contribution in [3.8, 4) is 22.8 Å². The zero-order chi connectivity index (χ0) is 21.0. The third kappa shape index (κ3) is 5.51. The zero-order valence-corrected chi connectivity index (χ0v) is 16.5. The fourth-order valence-electron chi connectivity index (χ4n) is 2.96. The Morgan fingerprint density at radius 2 is 1.93 bits per heavy atom. The lowest BCUT2D eigenvalue weighted by molar-refractivity contribution is -0.131. The lowest BCUT2D eigenvalue weighted by Crippen LogP contribution is -2.06. The molecule has 0 unspecified atom stereocenters.